The Morgan fingerprint density at radius 3 is 3.18 bits per heavy atom. The minimum absolute atomic E-state index is 0.105. The van der Waals surface area contributed by atoms with Crippen LogP contribution >= 0.6 is 8.51 Å². The maximum absolute atomic E-state index is 11.0. The number of rotatable bonds is 0. The summed E-state index contributed by atoms with van der Waals surface area (Å²) in [6.07, 6.45) is 0. The molecule has 2 rings (SSSR count). The van der Waals surface area contributed by atoms with Gasteiger partial charge < -0.3 is 10.5 Å². The van der Waals surface area contributed by atoms with Crippen molar-refractivity contribution in [3.8, 4) is 0 Å². The Labute approximate surface area is 62.1 Å². The van der Waals surface area contributed by atoms with Crippen molar-refractivity contribution in [2.75, 3.05) is 5.73 Å². The van der Waals surface area contributed by atoms with Gasteiger partial charge in [0.05, 0.1) is 0 Å². The number of aromatic nitrogens is 4. The van der Waals surface area contributed by atoms with Crippen molar-refractivity contribution < 1.29 is 0 Å². The van der Waals surface area contributed by atoms with E-state index in [2.05, 4.69) is 19.5 Å². The number of anilines is 1. The first-order chi connectivity index (χ1) is 5.27. The van der Waals surface area contributed by atoms with Crippen LogP contribution in [0.25, 0.3) is 11.2 Å². The molecule has 0 aliphatic rings. The summed E-state index contributed by atoms with van der Waals surface area (Å²) in [7, 11) is 0.619. The van der Waals surface area contributed by atoms with Crippen LogP contribution in [0.1, 0.15) is 0 Å². The Morgan fingerprint density at radius 1 is 1.55 bits per heavy atom. The molecule has 0 aliphatic heterocycles. The highest BCUT2D eigenvalue weighted by Gasteiger charge is 2.02. The van der Waals surface area contributed by atoms with Gasteiger partial charge in [0.1, 0.15) is 8.51 Å². The number of nitrogens with zero attached hydrogens (tertiary/aromatic N) is 2. The van der Waals surface area contributed by atoms with E-state index in [0.29, 0.717) is 19.7 Å². The maximum atomic E-state index is 11.0. The molecule has 0 fully saturated rings. The molecule has 2 heterocycles. The fraction of sp³-hybridized carbons (Fsp3) is 0. The van der Waals surface area contributed by atoms with E-state index in [9.17, 15) is 4.79 Å². The average Bonchev–Trinajstić information content (AvgIpc) is 2.34. The van der Waals surface area contributed by atoms with Gasteiger partial charge in [-0.1, -0.05) is 0 Å². The zero-order valence-corrected chi connectivity index (χ0v) is 6.22. The second-order valence-electron chi connectivity index (χ2n) is 1.96. The van der Waals surface area contributed by atoms with Crippen molar-refractivity contribution in [1.29, 1.82) is 0 Å². The van der Waals surface area contributed by atoms with Gasteiger partial charge in [0.15, 0.2) is 11.2 Å². The molecule has 0 bridgehead atoms. The van der Waals surface area contributed by atoms with E-state index >= 15 is 0 Å². The second kappa shape index (κ2) is 2.03. The maximum Gasteiger partial charge on any atom is 0.280 e. The number of nitrogens with two attached hydrogens (primary N) is 1. The molecular weight excluding hydrogens is 165 g/mol. The van der Waals surface area contributed by atoms with Crippen LogP contribution < -0.4 is 11.3 Å². The Balaban J connectivity index is 3.02. The van der Waals surface area contributed by atoms with Crippen LogP contribution in [0.5, 0.6) is 0 Å². The van der Waals surface area contributed by atoms with Gasteiger partial charge in [0.25, 0.3) is 5.56 Å². The van der Waals surface area contributed by atoms with Crippen molar-refractivity contribution in [3.05, 3.63) is 10.4 Å². The van der Waals surface area contributed by atoms with Crippen LogP contribution in [0.4, 0.5) is 5.95 Å². The number of nitrogens with one attached hydrogen (secondary N) is 2. The van der Waals surface area contributed by atoms with Gasteiger partial charge in [-0.15, -0.1) is 0 Å². The van der Waals surface area contributed by atoms with Crippen molar-refractivity contribution in [3.63, 3.8) is 0 Å². The smallest absolute Gasteiger partial charge is 0.280 e. The normalized spacial score (nSPS) is 11.3. The highest BCUT2D eigenvalue weighted by atomic mass is 31.1. The monoisotopic (exact) mass is 169 g/mol. The molecule has 0 aliphatic carbocycles. The topological polar surface area (TPSA) is 100 Å². The average molecular weight is 169 g/mol. The fourth-order valence-electron chi connectivity index (χ4n) is 0.777. The molecule has 7 heteroatoms. The largest absolute Gasteiger partial charge is 0.369 e. The number of hydrogen-bond acceptors (Lipinski definition) is 4. The summed E-state index contributed by atoms with van der Waals surface area (Å²) in [6.45, 7) is 0. The van der Waals surface area contributed by atoms with Gasteiger partial charge in [-0.05, 0) is 0 Å². The van der Waals surface area contributed by atoms with Crippen LogP contribution in [-0.4, -0.2) is 19.5 Å². The van der Waals surface area contributed by atoms with Crippen molar-refractivity contribution in [1.82, 2.24) is 19.5 Å². The second-order valence-corrected chi connectivity index (χ2v) is 2.58. The lowest BCUT2D eigenvalue weighted by molar-refractivity contribution is 1.17. The Morgan fingerprint density at radius 2 is 2.36 bits per heavy atom. The van der Waals surface area contributed by atoms with Crippen molar-refractivity contribution in [2.45, 2.75) is 0 Å². The van der Waals surface area contributed by atoms with Gasteiger partial charge in [-0.2, -0.15) is 4.98 Å². The Bertz CT molecular complexity index is 445. The fourth-order valence-corrected chi connectivity index (χ4v) is 1.36. The quantitative estimate of drug-likeness (QED) is 0.508. The molecule has 0 radical (unpaired) electrons. The molecule has 0 spiro atoms. The van der Waals surface area contributed by atoms with E-state index in [-0.39, 0.29) is 11.5 Å². The molecule has 2 aromatic heterocycles. The van der Waals surface area contributed by atoms with E-state index in [1.807, 2.05) is 0 Å². The number of aromatic amines is 2. The minimum atomic E-state index is -0.301. The van der Waals surface area contributed by atoms with Crippen LogP contribution in [0, 0.1) is 0 Å². The third kappa shape index (κ3) is 0.877. The first-order valence-electron chi connectivity index (χ1n) is 2.84. The van der Waals surface area contributed by atoms with Gasteiger partial charge in [0, 0.05) is 0 Å². The van der Waals surface area contributed by atoms with Crippen LogP contribution in [0.2, 0.25) is 0 Å². The van der Waals surface area contributed by atoms with E-state index in [1.165, 1.54) is 0 Å². The van der Waals surface area contributed by atoms with Gasteiger partial charge in [-0.25, -0.2) is 4.75 Å². The molecule has 6 nitrogen and oxygen atoms in total. The third-order valence-corrected chi connectivity index (χ3v) is 1.83. The summed E-state index contributed by atoms with van der Waals surface area (Å²) in [5.74, 6) is 0.105. The first kappa shape index (κ1) is 6.30. The molecule has 11 heavy (non-hydrogen) atoms. The van der Waals surface area contributed by atoms with Crippen molar-refractivity contribution in [2.24, 2.45) is 0 Å². The summed E-state index contributed by atoms with van der Waals surface area (Å²) in [5, 5.41) is 0. The van der Waals surface area contributed by atoms with Crippen molar-refractivity contribution >= 4 is 25.6 Å². The lowest BCUT2D eigenvalue weighted by Crippen LogP contribution is -2.10. The molecule has 0 saturated carbocycles. The predicted octanol–water partition coefficient (Wildman–Crippen LogP) is -0.192. The van der Waals surface area contributed by atoms with Crippen LogP contribution in [0.15, 0.2) is 4.79 Å². The molecule has 0 unspecified atom stereocenters. The zero-order valence-electron chi connectivity index (χ0n) is 5.33. The van der Waals surface area contributed by atoms with E-state index < -0.39 is 0 Å². The Hall–Kier alpha value is -1.42. The molecule has 0 aromatic carbocycles. The van der Waals surface area contributed by atoms with E-state index in [4.69, 9.17) is 5.73 Å². The highest BCUT2D eigenvalue weighted by molar-refractivity contribution is 7.21. The summed E-state index contributed by atoms with van der Waals surface area (Å²) < 4.78 is 6.62. The number of fused-ring (bicyclic) bond motifs is 1. The van der Waals surface area contributed by atoms with Crippen LogP contribution in [0.3, 0.4) is 0 Å². The number of H-pyrrole nitrogens is 2. The Kier molecular flexibility index (Phi) is 1.16. The standard InChI is InChI=1S/C4H4N5OP/c5-4-6-2-1(3(10)7-4)8-11-9-2/h(H4,5,6,7,8,9,10). The molecular formula is C4H4N5OP. The molecule has 56 valence electrons. The van der Waals surface area contributed by atoms with Gasteiger partial charge in [0.2, 0.25) is 5.95 Å². The number of nitrogen functional groups attached to an aromatic ring is 1. The molecule has 4 N–H and O–H groups in total. The third-order valence-electron chi connectivity index (χ3n) is 1.22. The minimum Gasteiger partial charge on any atom is -0.369 e. The van der Waals surface area contributed by atoms with E-state index in [1.54, 1.807) is 0 Å². The molecule has 0 amide bonds. The molecule has 0 saturated heterocycles. The summed E-state index contributed by atoms with van der Waals surface area (Å²) >= 11 is 0. The number of hydrogen-bond donors (Lipinski definition) is 3. The SMILES string of the molecule is Nc1nc2[nH]pnc2c(=O)[nH]1. The molecule has 0 atom stereocenters. The highest BCUT2D eigenvalue weighted by Crippen LogP contribution is 2.05. The van der Waals surface area contributed by atoms with Crippen LogP contribution in [-0.2, 0) is 0 Å². The van der Waals surface area contributed by atoms with Gasteiger partial charge >= 0.3 is 0 Å². The van der Waals surface area contributed by atoms with E-state index in [0.717, 1.165) is 0 Å². The lowest BCUT2D eigenvalue weighted by atomic mass is 10.5. The molecule has 2 aromatic rings. The summed E-state index contributed by atoms with van der Waals surface area (Å²) in [4.78, 5) is 17.2. The summed E-state index contributed by atoms with van der Waals surface area (Å²) in [5.41, 5.74) is 5.75. The first-order valence-corrected chi connectivity index (χ1v) is 3.68. The van der Waals surface area contributed by atoms with Gasteiger partial charge in [-0.3, -0.25) is 9.78 Å². The zero-order chi connectivity index (χ0) is 7.84. The predicted molar refractivity (Wildman–Crippen MR) is 41.4 cm³/mol. The lowest BCUT2D eigenvalue weighted by Gasteiger charge is -1.88. The summed E-state index contributed by atoms with van der Waals surface area (Å²) in [6, 6.07) is 0.